The minimum atomic E-state index is -0.104. The zero-order valence-electron chi connectivity index (χ0n) is 15.5. The first-order valence-corrected chi connectivity index (χ1v) is 9.44. The minimum Gasteiger partial charge on any atom is -0.365 e. The first-order chi connectivity index (χ1) is 13.2. The first kappa shape index (κ1) is 17.8. The maximum atomic E-state index is 12.7. The summed E-state index contributed by atoms with van der Waals surface area (Å²) in [5.41, 5.74) is 6.08. The van der Waals surface area contributed by atoms with Crippen LogP contribution in [0.1, 0.15) is 28.8 Å². The number of rotatable bonds is 5. The van der Waals surface area contributed by atoms with Gasteiger partial charge in [0.2, 0.25) is 0 Å². The van der Waals surface area contributed by atoms with E-state index in [4.69, 9.17) is 4.74 Å². The number of ether oxygens (including phenoxy) is 1. The number of nitrogens with one attached hydrogen (secondary N) is 2. The number of carbonyl (C=O) groups excluding carboxylic acids is 1. The van der Waals surface area contributed by atoms with Gasteiger partial charge in [-0.1, -0.05) is 30.3 Å². The van der Waals surface area contributed by atoms with Crippen LogP contribution in [0.5, 0.6) is 0 Å². The van der Waals surface area contributed by atoms with Crippen LogP contribution >= 0.6 is 0 Å². The van der Waals surface area contributed by atoms with Gasteiger partial charge in [-0.15, -0.1) is 0 Å². The molecular weight excluding hydrogens is 338 g/mol. The Morgan fingerprint density at radius 3 is 2.89 bits per heavy atom. The van der Waals surface area contributed by atoms with E-state index < -0.39 is 0 Å². The average Bonchev–Trinajstić information content (AvgIpc) is 3.17. The first-order valence-electron chi connectivity index (χ1n) is 9.44. The van der Waals surface area contributed by atoms with Gasteiger partial charge in [0.1, 0.15) is 6.23 Å². The van der Waals surface area contributed by atoms with E-state index in [2.05, 4.69) is 34.7 Å². The molecule has 2 aromatic carbocycles. The molecule has 1 amide bonds. The highest BCUT2D eigenvalue weighted by Gasteiger charge is 2.29. The Morgan fingerprint density at radius 1 is 1.22 bits per heavy atom. The van der Waals surface area contributed by atoms with Gasteiger partial charge < -0.3 is 9.72 Å². The van der Waals surface area contributed by atoms with Crippen LogP contribution in [0.3, 0.4) is 0 Å². The van der Waals surface area contributed by atoms with Crippen molar-refractivity contribution in [3.63, 3.8) is 0 Å². The van der Waals surface area contributed by atoms with Gasteiger partial charge in [0.15, 0.2) is 0 Å². The number of H-pyrrole nitrogens is 1. The van der Waals surface area contributed by atoms with Gasteiger partial charge in [0.25, 0.3) is 5.91 Å². The third-order valence-corrected chi connectivity index (χ3v) is 5.36. The SMILES string of the molecule is COC1CC(Cc2ccccc2)CCN1NC(=O)c1ccc2[nH]ccc2c1. The molecule has 0 aliphatic carbocycles. The Kier molecular flexibility index (Phi) is 5.23. The van der Waals surface area contributed by atoms with Crippen LogP contribution in [0.2, 0.25) is 0 Å². The van der Waals surface area contributed by atoms with E-state index >= 15 is 0 Å². The van der Waals surface area contributed by atoms with Gasteiger partial charge in [-0.25, -0.2) is 0 Å². The van der Waals surface area contributed by atoms with E-state index in [1.807, 2.05) is 41.5 Å². The molecule has 2 unspecified atom stereocenters. The Bertz CT molecular complexity index is 906. The molecule has 1 saturated heterocycles. The normalized spacial score (nSPS) is 20.6. The van der Waals surface area contributed by atoms with E-state index in [1.54, 1.807) is 7.11 Å². The highest BCUT2D eigenvalue weighted by atomic mass is 16.5. The Hall–Kier alpha value is -2.63. The number of hydrogen-bond acceptors (Lipinski definition) is 3. The standard InChI is InChI=1S/C22H25N3O2/c1-27-21-14-17(13-16-5-3-2-4-6-16)10-12-25(21)24-22(26)19-7-8-20-18(15-19)9-11-23-20/h2-9,11,15,17,21,23H,10,12-14H2,1H3,(H,24,26). The second-order valence-electron chi connectivity index (χ2n) is 7.18. The van der Waals surface area contributed by atoms with Crippen LogP contribution in [0.15, 0.2) is 60.8 Å². The lowest BCUT2D eigenvalue weighted by atomic mass is 9.90. The fourth-order valence-electron chi connectivity index (χ4n) is 3.87. The predicted octanol–water partition coefficient (Wildman–Crippen LogP) is 3.74. The van der Waals surface area contributed by atoms with Crippen LogP contribution in [0.4, 0.5) is 0 Å². The maximum Gasteiger partial charge on any atom is 0.265 e. The number of aromatic amines is 1. The van der Waals surface area contributed by atoms with Gasteiger partial charge in [-0.2, -0.15) is 5.01 Å². The zero-order valence-corrected chi connectivity index (χ0v) is 15.5. The number of methoxy groups -OCH3 is 1. The second kappa shape index (κ2) is 7.94. The monoisotopic (exact) mass is 363 g/mol. The summed E-state index contributed by atoms with van der Waals surface area (Å²) in [5.74, 6) is 0.461. The van der Waals surface area contributed by atoms with E-state index in [9.17, 15) is 4.79 Å². The number of carbonyl (C=O) groups is 1. The van der Waals surface area contributed by atoms with Crippen molar-refractivity contribution >= 4 is 16.8 Å². The summed E-state index contributed by atoms with van der Waals surface area (Å²) in [6.07, 6.45) is 4.76. The van der Waals surface area contributed by atoms with Crippen molar-refractivity contribution in [2.24, 2.45) is 5.92 Å². The van der Waals surface area contributed by atoms with Crippen molar-refractivity contribution in [2.45, 2.75) is 25.5 Å². The van der Waals surface area contributed by atoms with Crippen molar-refractivity contribution in [3.05, 3.63) is 71.9 Å². The van der Waals surface area contributed by atoms with Crippen molar-refractivity contribution in [1.29, 1.82) is 0 Å². The molecule has 1 aliphatic heterocycles. The third kappa shape index (κ3) is 4.04. The Balaban J connectivity index is 1.39. The lowest BCUT2D eigenvalue weighted by Gasteiger charge is -2.38. The maximum absolute atomic E-state index is 12.7. The number of nitrogens with zero attached hydrogens (tertiary/aromatic N) is 1. The number of amides is 1. The number of benzene rings is 2. The van der Waals surface area contributed by atoms with Crippen molar-refractivity contribution < 1.29 is 9.53 Å². The van der Waals surface area contributed by atoms with Gasteiger partial charge in [-0.05, 0) is 55.0 Å². The van der Waals surface area contributed by atoms with Crippen LogP contribution < -0.4 is 5.43 Å². The quantitative estimate of drug-likeness (QED) is 0.726. The van der Waals surface area contributed by atoms with Crippen LogP contribution in [-0.2, 0) is 11.2 Å². The number of aromatic nitrogens is 1. The molecular formula is C22H25N3O2. The zero-order chi connectivity index (χ0) is 18.6. The molecule has 2 atom stereocenters. The highest BCUT2D eigenvalue weighted by Crippen LogP contribution is 2.26. The molecule has 4 rings (SSSR count). The third-order valence-electron chi connectivity index (χ3n) is 5.36. The summed E-state index contributed by atoms with van der Waals surface area (Å²) in [6, 6.07) is 18.2. The van der Waals surface area contributed by atoms with Gasteiger partial charge >= 0.3 is 0 Å². The number of hydrogen-bond donors (Lipinski definition) is 2. The van der Waals surface area contributed by atoms with Crippen molar-refractivity contribution in [1.82, 2.24) is 15.4 Å². The minimum absolute atomic E-state index is 0.0957. The molecule has 0 spiro atoms. The van der Waals surface area contributed by atoms with E-state index in [0.717, 1.165) is 36.7 Å². The summed E-state index contributed by atoms with van der Waals surface area (Å²) in [5, 5.41) is 2.97. The second-order valence-corrected chi connectivity index (χ2v) is 7.18. The average molecular weight is 363 g/mol. The molecule has 140 valence electrons. The van der Waals surface area contributed by atoms with Crippen LogP contribution in [0, 0.1) is 5.92 Å². The highest BCUT2D eigenvalue weighted by molar-refractivity contribution is 5.97. The number of hydrazine groups is 1. The summed E-state index contributed by atoms with van der Waals surface area (Å²) < 4.78 is 5.67. The lowest BCUT2D eigenvalue weighted by Crippen LogP contribution is -2.53. The molecule has 0 saturated carbocycles. The summed E-state index contributed by atoms with van der Waals surface area (Å²) in [4.78, 5) is 15.8. The molecule has 0 bridgehead atoms. The molecule has 0 radical (unpaired) electrons. The molecule has 2 N–H and O–H groups in total. The molecule has 1 aliphatic rings. The molecule has 5 nitrogen and oxygen atoms in total. The molecule has 2 heterocycles. The van der Waals surface area contributed by atoms with Gasteiger partial charge in [0.05, 0.1) is 0 Å². The summed E-state index contributed by atoms with van der Waals surface area (Å²) in [7, 11) is 1.71. The topological polar surface area (TPSA) is 57.4 Å². The van der Waals surface area contributed by atoms with E-state index in [0.29, 0.717) is 11.5 Å². The van der Waals surface area contributed by atoms with E-state index in [-0.39, 0.29) is 12.1 Å². The van der Waals surface area contributed by atoms with Crippen molar-refractivity contribution in [2.75, 3.05) is 13.7 Å². The van der Waals surface area contributed by atoms with Crippen LogP contribution in [0.25, 0.3) is 10.9 Å². The fourth-order valence-corrected chi connectivity index (χ4v) is 3.87. The molecule has 5 heteroatoms. The Labute approximate surface area is 159 Å². The largest absolute Gasteiger partial charge is 0.365 e. The number of fused-ring (bicyclic) bond motifs is 1. The fraction of sp³-hybridized carbons (Fsp3) is 0.318. The Morgan fingerprint density at radius 2 is 2.07 bits per heavy atom. The summed E-state index contributed by atoms with van der Waals surface area (Å²) >= 11 is 0. The van der Waals surface area contributed by atoms with Crippen LogP contribution in [-0.4, -0.2) is 35.8 Å². The van der Waals surface area contributed by atoms with Gasteiger partial charge in [-0.3, -0.25) is 10.2 Å². The summed E-state index contributed by atoms with van der Waals surface area (Å²) in [6.45, 7) is 0.786. The molecule has 3 aromatic rings. The van der Waals surface area contributed by atoms with Gasteiger partial charge in [0, 0.05) is 36.3 Å². The predicted molar refractivity (Wildman–Crippen MR) is 106 cm³/mol. The van der Waals surface area contributed by atoms with E-state index in [1.165, 1.54) is 5.56 Å². The number of piperidine rings is 1. The molecule has 1 fully saturated rings. The smallest absolute Gasteiger partial charge is 0.265 e. The molecule has 27 heavy (non-hydrogen) atoms. The molecule has 1 aromatic heterocycles. The van der Waals surface area contributed by atoms with Crippen molar-refractivity contribution in [3.8, 4) is 0 Å². The lowest BCUT2D eigenvalue weighted by molar-refractivity contribution is -0.0908.